The van der Waals surface area contributed by atoms with Crippen molar-refractivity contribution < 1.29 is 29.3 Å². The zero-order valence-electron chi connectivity index (χ0n) is 20.6. The first-order chi connectivity index (χ1) is 15.5. The minimum absolute atomic E-state index is 0.323. The van der Waals surface area contributed by atoms with E-state index in [1.165, 1.54) is 57.8 Å². The number of hydrogen-bond acceptors (Lipinski definition) is 6. The lowest BCUT2D eigenvalue weighted by Crippen LogP contribution is -2.54. The predicted octanol–water partition coefficient (Wildman–Crippen LogP) is 5.26. The zero-order chi connectivity index (χ0) is 23.7. The van der Waals surface area contributed by atoms with Crippen molar-refractivity contribution in [2.45, 2.75) is 141 Å². The van der Waals surface area contributed by atoms with Gasteiger partial charge in [-0.1, -0.05) is 104 Å². The minimum atomic E-state index is -1.47. The number of ketones is 1. The van der Waals surface area contributed by atoms with Crippen molar-refractivity contribution in [3.63, 3.8) is 0 Å². The van der Waals surface area contributed by atoms with Gasteiger partial charge in [0.15, 0.2) is 11.7 Å². The first kappa shape index (κ1) is 29.1. The summed E-state index contributed by atoms with van der Waals surface area (Å²) in [4.78, 5) is 24.4. The summed E-state index contributed by atoms with van der Waals surface area (Å²) < 4.78 is 11.1. The number of unbranched alkanes of at least 4 members (excludes halogenated alkanes) is 14. The third kappa shape index (κ3) is 9.88. The molecule has 1 heterocycles. The zero-order valence-corrected chi connectivity index (χ0v) is 20.6. The molecule has 1 saturated heterocycles. The highest BCUT2D eigenvalue weighted by Crippen LogP contribution is 2.36. The Kier molecular flexibility index (Phi) is 15.9. The Morgan fingerprint density at radius 1 is 0.812 bits per heavy atom. The molecule has 0 aromatic heterocycles. The van der Waals surface area contributed by atoms with Crippen LogP contribution in [-0.2, 0) is 19.1 Å². The molecule has 3 atom stereocenters. The lowest BCUT2D eigenvalue weighted by molar-refractivity contribution is -0.180. The molecule has 1 rings (SSSR count). The van der Waals surface area contributed by atoms with Gasteiger partial charge in [-0.25, -0.2) is 4.79 Å². The summed E-state index contributed by atoms with van der Waals surface area (Å²) >= 11 is 0. The number of ether oxygens (including phenoxy) is 2. The molecule has 1 aliphatic heterocycles. The summed E-state index contributed by atoms with van der Waals surface area (Å²) in [5, 5.41) is 20.0. The lowest BCUT2D eigenvalue weighted by atomic mass is 9.84. The van der Waals surface area contributed by atoms with E-state index >= 15 is 0 Å². The highest BCUT2D eigenvalue weighted by molar-refractivity contribution is 6.37. The molecule has 0 radical (unpaired) electrons. The summed E-state index contributed by atoms with van der Waals surface area (Å²) in [5.74, 6) is -1.71. The number of carbonyl (C=O) groups excluding carboxylic acids is 2. The third-order valence-corrected chi connectivity index (χ3v) is 6.61. The molecule has 1 aliphatic rings. The van der Waals surface area contributed by atoms with Crippen molar-refractivity contribution in [3.05, 3.63) is 0 Å². The van der Waals surface area contributed by atoms with Crippen molar-refractivity contribution >= 4 is 11.8 Å². The molecule has 0 aliphatic carbocycles. The number of carbonyl (C=O) groups is 2. The number of rotatable bonds is 21. The molecule has 6 nitrogen and oxygen atoms in total. The van der Waals surface area contributed by atoms with Crippen LogP contribution < -0.4 is 0 Å². The van der Waals surface area contributed by atoms with Crippen molar-refractivity contribution in [1.82, 2.24) is 0 Å². The Morgan fingerprint density at radius 2 is 1.28 bits per heavy atom. The van der Waals surface area contributed by atoms with E-state index in [0.717, 1.165) is 38.5 Å². The van der Waals surface area contributed by atoms with Crippen LogP contribution in [0.5, 0.6) is 0 Å². The van der Waals surface area contributed by atoms with Crippen LogP contribution in [0.2, 0.25) is 0 Å². The fourth-order valence-electron chi connectivity index (χ4n) is 4.54. The first-order valence-electron chi connectivity index (χ1n) is 13.2. The van der Waals surface area contributed by atoms with Gasteiger partial charge in [-0.3, -0.25) is 4.79 Å². The molecule has 0 amide bonds. The molecule has 6 heteroatoms. The van der Waals surface area contributed by atoms with Gasteiger partial charge < -0.3 is 19.7 Å². The average molecular weight is 457 g/mol. The number of cyclic esters (lactones) is 1. The molecular formula is C26H48O6. The minimum Gasteiger partial charge on any atom is -0.447 e. The van der Waals surface area contributed by atoms with Crippen molar-refractivity contribution in [1.29, 1.82) is 0 Å². The highest BCUT2D eigenvalue weighted by atomic mass is 16.6. The molecule has 2 N–H and O–H groups in total. The normalized spacial score (nSPS) is 21.8. The lowest BCUT2D eigenvalue weighted by Gasteiger charge is -2.35. The second-order valence-corrected chi connectivity index (χ2v) is 9.36. The smallest absolute Gasteiger partial charge is 0.378 e. The van der Waals surface area contributed by atoms with Gasteiger partial charge in [0.25, 0.3) is 5.78 Å². The maximum atomic E-state index is 12.4. The second kappa shape index (κ2) is 17.5. The molecule has 0 spiro atoms. The molecule has 0 bridgehead atoms. The molecule has 0 saturated carbocycles. The molecule has 0 aromatic carbocycles. The summed E-state index contributed by atoms with van der Waals surface area (Å²) in [7, 11) is 0. The van der Waals surface area contributed by atoms with Crippen molar-refractivity contribution in [2.75, 3.05) is 13.2 Å². The monoisotopic (exact) mass is 456 g/mol. The second-order valence-electron chi connectivity index (χ2n) is 9.36. The summed E-state index contributed by atoms with van der Waals surface area (Å²) in [6.07, 6.45) is 16.2. The van der Waals surface area contributed by atoms with E-state index in [2.05, 4.69) is 13.8 Å². The largest absolute Gasteiger partial charge is 0.447 e. The standard InChI is InChI=1S/C26H48O6/c1-3-5-7-9-10-11-12-13-14-15-16-17-19-26(22(28)21-27)24(23(29)25(30)32-26)31-20-18-8-6-4-2/h22,24,27-28H,3-21H2,1-2H3/t22-,24?,26+/m0/s1. The Balaban J connectivity index is 2.39. The summed E-state index contributed by atoms with van der Waals surface area (Å²) in [5.41, 5.74) is -1.47. The van der Waals surface area contributed by atoms with Crippen LogP contribution >= 0.6 is 0 Å². The van der Waals surface area contributed by atoms with Gasteiger partial charge in [0.05, 0.1) is 6.61 Å². The van der Waals surface area contributed by atoms with Gasteiger partial charge in [0.1, 0.15) is 6.10 Å². The van der Waals surface area contributed by atoms with Crippen LogP contribution in [0.25, 0.3) is 0 Å². The quantitative estimate of drug-likeness (QED) is 0.139. The van der Waals surface area contributed by atoms with E-state index in [1.807, 2.05) is 0 Å². The fraction of sp³-hybridized carbons (Fsp3) is 0.923. The molecule has 188 valence electrons. The molecule has 1 unspecified atom stereocenters. The van der Waals surface area contributed by atoms with Gasteiger partial charge in [-0.2, -0.15) is 0 Å². The van der Waals surface area contributed by atoms with Crippen LogP contribution in [0.3, 0.4) is 0 Å². The van der Waals surface area contributed by atoms with E-state index < -0.39 is 36.2 Å². The van der Waals surface area contributed by atoms with Gasteiger partial charge in [-0.05, 0) is 19.3 Å². The Morgan fingerprint density at radius 3 is 1.78 bits per heavy atom. The van der Waals surface area contributed by atoms with E-state index in [9.17, 15) is 19.8 Å². The SMILES string of the molecule is CCCCCCCCCCCCCC[C@]1([C@@H](O)CO)OC(=O)C(=O)C1OCCCCCC. The highest BCUT2D eigenvalue weighted by Gasteiger charge is 2.59. The van der Waals surface area contributed by atoms with Crippen LogP contribution in [-0.4, -0.2) is 53.0 Å². The summed E-state index contributed by atoms with van der Waals surface area (Å²) in [6, 6.07) is 0. The van der Waals surface area contributed by atoms with Gasteiger partial charge in [-0.15, -0.1) is 0 Å². The first-order valence-corrected chi connectivity index (χ1v) is 13.2. The van der Waals surface area contributed by atoms with Crippen molar-refractivity contribution in [2.24, 2.45) is 0 Å². The van der Waals surface area contributed by atoms with Crippen molar-refractivity contribution in [3.8, 4) is 0 Å². The maximum Gasteiger partial charge on any atom is 0.378 e. The van der Waals surface area contributed by atoms with E-state index in [4.69, 9.17) is 9.47 Å². The average Bonchev–Trinajstić information content (AvgIpc) is 3.04. The number of Topliss-reactive ketones (excluding diaryl/α,β-unsaturated/α-hetero) is 1. The Bertz CT molecular complexity index is 509. The van der Waals surface area contributed by atoms with E-state index in [-0.39, 0.29) is 0 Å². The number of aliphatic hydroxyl groups is 2. The summed E-state index contributed by atoms with van der Waals surface area (Å²) in [6.45, 7) is 4.12. The number of aliphatic hydroxyl groups excluding tert-OH is 2. The Hall–Kier alpha value is -0.980. The fourth-order valence-corrected chi connectivity index (χ4v) is 4.54. The van der Waals surface area contributed by atoms with E-state index in [0.29, 0.717) is 19.4 Å². The van der Waals surface area contributed by atoms with E-state index in [1.54, 1.807) is 0 Å². The van der Waals surface area contributed by atoms with Crippen LogP contribution in [0.1, 0.15) is 123 Å². The number of hydrogen-bond donors (Lipinski definition) is 2. The third-order valence-electron chi connectivity index (χ3n) is 6.61. The van der Waals surface area contributed by atoms with Crippen LogP contribution in [0, 0.1) is 0 Å². The number of esters is 1. The predicted molar refractivity (Wildman–Crippen MR) is 126 cm³/mol. The van der Waals surface area contributed by atoms with Crippen LogP contribution in [0.15, 0.2) is 0 Å². The van der Waals surface area contributed by atoms with Gasteiger partial charge in [0.2, 0.25) is 0 Å². The maximum absolute atomic E-state index is 12.4. The topological polar surface area (TPSA) is 93.1 Å². The molecule has 1 fully saturated rings. The van der Waals surface area contributed by atoms with Gasteiger partial charge in [0, 0.05) is 6.61 Å². The molecule has 32 heavy (non-hydrogen) atoms. The molecule has 0 aromatic rings. The van der Waals surface area contributed by atoms with Crippen LogP contribution in [0.4, 0.5) is 0 Å². The van der Waals surface area contributed by atoms with Gasteiger partial charge >= 0.3 is 5.97 Å². The Labute approximate surface area is 195 Å². The molecular weight excluding hydrogens is 408 g/mol.